The molecule has 1 rings (SSSR count). The number of nitrogens with zero attached hydrogens (tertiary/aromatic N) is 1. The maximum atomic E-state index is 11.9. The molecule has 0 aromatic carbocycles. The molecule has 0 aliphatic carbocycles. The Bertz CT molecular complexity index is 221. The van der Waals surface area contributed by atoms with E-state index < -0.39 is 0 Å². The molecule has 0 spiro atoms. The molecule has 1 aliphatic rings. The molecule has 94 valence electrons. The monoisotopic (exact) mass is 228 g/mol. The van der Waals surface area contributed by atoms with Crippen molar-refractivity contribution in [3.8, 4) is 0 Å². The minimum atomic E-state index is -0.362. The Labute approximate surface area is 98.0 Å². The number of nitrogens with one attached hydrogen (secondary N) is 1. The van der Waals surface area contributed by atoms with Gasteiger partial charge in [-0.1, -0.05) is 20.3 Å². The van der Waals surface area contributed by atoms with Gasteiger partial charge in [-0.05, 0) is 25.8 Å². The summed E-state index contributed by atoms with van der Waals surface area (Å²) in [5, 5.41) is 12.9. The lowest BCUT2D eigenvalue weighted by molar-refractivity contribution is -0.130. The number of hydrogen-bond donors (Lipinski definition) is 2. The first-order chi connectivity index (χ1) is 7.69. The second-order valence-corrected chi connectivity index (χ2v) is 4.52. The molecule has 1 saturated heterocycles. The van der Waals surface area contributed by atoms with Crippen LogP contribution in [0.5, 0.6) is 0 Å². The zero-order valence-electron chi connectivity index (χ0n) is 10.4. The highest BCUT2D eigenvalue weighted by Gasteiger charge is 2.31. The topological polar surface area (TPSA) is 52.6 Å². The van der Waals surface area contributed by atoms with Gasteiger partial charge >= 0.3 is 0 Å². The Kier molecular flexibility index (Phi) is 5.77. The Balaban J connectivity index is 2.32. The third-order valence-corrected chi connectivity index (χ3v) is 2.99. The number of amides is 1. The summed E-state index contributed by atoms with van der Waals surface area (Å²) in [7, 11) is 0. The Morgan fingerprint density at radius 2 is 2.25 bits per heavy atom. The van der Waals surface area contributed by atoms with E-state index in [2.05, 4.69) is 12.2 Å². The van der Waals surface area contributed by atoms with Crippen molar-refractivity contribution in [1.82, 2.24) is 10.2 Å². The molecule has 0 aromatic rings. The van der Waals surface area contributed by atoms with Crippen LogP contribution in [0, 0.1) is 0 Å². The molecule has 2 N–H and O–H groups in total. The molecule has 0 saturated carbocycles. The maximum Gasteiger partial charge on any atom is 0.239 e. The van der Waals surface area contributed by atoms with Crippen molar-refractivity contribution in [2.75, 3.05) is 19.6 Å². The lowest BCUT2D eigenvalue weighted by Crippen LogP contribution is -2.41. The van der Waals surface area contributed by atoms with Crippen LogP contribution in [0.25, 0.3) is 0 Å². The summed E-state index contributed by atoms with van der Waals surface area (Å²) in [6.45, 7) is 6.30. The fourth-order valence-corrected chi connectivity index (χ4v) is 2.11. The molecule has 1 aliphatic heterocycles. The van der Waals surface area contributed by atoms with Crippen molar-refractivity contribution >= 4 is 5.91 Å². The first-order valence-corrected chi connectivity index (χ1v) is 6.39. The Morgan fingerprint density at radius 1 is 1.50 bits per heavy atom. The predicted molar refractivity (Wildman–Crippen MR) is 64.2 cm³/mol. The van der Waals surface area contributed by atoms with Gasteiger partial charge in [0.15, 0.2) is 0 Å². The van der Waals surface area contributed by atoms with E-state index in [1.54, 1.807) is 4.90 Å². The molecule has 1 amide bonds. The van der Waals surface area contributed by atoms with E-state index in [0.717, 1.165) is 38.8 Å². The fraction of sp³-hybridized carbons (Fsp3) is 0.917. The van der Waals surface area contributed by atoms with Crippen molar-refractivity contribution in [2.24, 2.45) is 0 Å². The molecule has 4 heteroatoms. The van der Waals surface area contributed by atoms with E-state index in [-0.39, 0.29) is 18.1 Å². The molecule has 2 atom stereocenters. The summed E-state index contributed by atoms with van der Waals surface area (Å²) >= 11 is 0. The van der Waals surface area contributed by atoms with Crippen LogP contribution in [0.15, 0.2) is 0 Å². The van der Waals surface area contributed by atoms with E-state index in [9.17, 15) is 9.90 Å². The van der Waals surface area contributed by atoms with Gasteiger partial charge in [-0.25, -0.2) is 0 Å². The Hall–Kier alpha value is -0.610. The number of carbonyl (C=O) groups is 1. The number of likely N-dealkylation sites (tertiary alicyclic amines) is 1. The summed E-state index contributed by atoms with van der Waals surface area (Å²) in [5.41, 5.74) is 0. The van der Waals surface area contributed by atoms with Crippen LogP contribution >= 0.6 is 0 Å². The van der Waals surface area contributed by atoms with Crippen molar-refractivity contribution < 1.29 is 9.90 Å². The number of aliphatic hydroxyl groups is 1. The van der Waals surface area contributed by atoms with E-state index in [4.69, 9.17) is 0 Å². The van der Waals surface area contributed by atoms with E-state index in [1.165, 1.54) is 0 Å². The van der Waals surface area contributed by atoms with Gasteiger partial charge in [0, 0.05) is 13.1 Å². The van der Waals surface area contributed by atoms with Gasteiger partial charge in [0.1, 0.15) is 0 Å². The fourth-order valence-electron chi connectivity index (χ4n) is 2.11. The number of aliphatic hydroxyl groups excluding tert-OH is 1. The van der Waals surface area contributed by atoms with Crippen LogP contribution < -0.4 is 5.32 Å². The standard InChI is InChI=1S/C12H24N2O2/c1-3-5-10(15)9-14-8-6-11(12(14)16)13-7-4-2/h10-11,13,15H,3-9H2,1-2H3. The lowest BCUT2D eigenvalue weighted by Gasteiger charge is -2.20. The zero-order valence-corrected chi connectivity index (χ0v) is 10.4. The number of carbonyl (C=O) groups excluding carboxylic acids is 1. The molecule has 1 fully saturated rings. The molecule has 1 heterocycles. The number of hydrogen-bond acceptors (Lipinski definition) is 3. The van der Waals surface area contributed by atoms with Gasteiger partial charge < -0.3 is 15.3 Å². The average Bonchev–Trinajstić information content (AvgIpc) is 2.58. The van der Waals surface area contributed by atoms with Crippen LogP contribution in [-0.2, 0) is 4.79 Å². The highest BCUT2D eigenvalue weighted by atomic mass is 16.3. The van der Waals surface area contributed by atoms with Gasteiger partial charge in [-0.3, -0.25) is 4.79 Å². The first-order valence-electron chi connectivity index (χ1n) is 6.39. The molecule has 0 aromatic heterocycles. The average molecular weight is 228 g/mol. The third-order valence-electron chi connectivity index (χ3n) is 2.99. The summed E-state index contributed by atoms with van der Waals surface area (Å²) < 4.78 is 0. The van der Waals surface area contributed by atoms with Crippen LogP contribution in [0.2, 0.25) is 0 Å². The van der Waals surface area contributed by atoms with E-state index in [1.807, 2.05) is 6.92 Å². The van der Waals surface area contributed by atoms with Gasteiger partial charge in [0.2, 0.25) is 5.91 Å². The maximum absolute atomic E-state index is 11.9. The summed E-state index contributed by atoms with van der Waals surface area (Å²) in [5.74, 6) is 0.156. The molecular weight excluding hydrogens is 204 g/mol. The molecule has 16 heavy (non-hydrogen) atoms. The minimum absolute atomic E-state index is 0.0197. The molecule has 4 nitrogen and oxygen atoms in total. The highest BCUT2D eigenvalue weighted by Crippen LogP contribution is 2.12. The second kappa shape index (κ2) is 6.86. The van der Waals surface area contributed by atoms with Crippen molar-refractivity contribution in [3.05, 3.63) is 0 Å². The van der Waals surface area contributed by atoms with Crippen molar-refractivity contribution in [3.63, 3.8) is 0 Å². The predicted octanol–water partition coefficient (Wildman–Crippen LogP) is 0.748. The molecule has 2 unspecified atom stereocenters. The van der Waals surface area contributed by atoms with Gasteiger partial charge in [0.25, 0.3) is 0 Å². The summed E-state index contributed by atoms with van der Waals surface area (Å²) in [4.78, 5) is 13.7. The van der Waals surface area contributed by atoms with Crippen LogP contribution in [-0.4, -0.2) is 47.7 Å². The second-order valence-electron chi connectivity index (χ2n) is 4.52. The largest absolute Gasteiger partial charge is 0.391 e. The van der Waals surface area contributed by atoms with Crippen molar-refractivity contribution in [1.29, 1.82) is 0 Å². The first kappa shape index (κ1) is 13.5. The van der Waals surface area contributed by atoms with Crippen LogP contribution in [0.1, 0.15) is 39.5 Å². The molecule has 0 radical (unpaired) electrons. The van der Waals surface area contributed by atoms with Crippen LogP contribution in [0.3, 0.4) is 0 Å². The quantitative estimate of drug-likeness (QED) is 0.676. The molecular formula is C12H24N2O2. The smallest absolute Gasteiger partial charge is 0.239 e. The summed E-state index contributed by atoms with van der Waals surface area (Å²) in [6, 6.07) is -0.0197. The summed E-state index contributed by atoms with van der Waals surface area (Å²) in [6.07, 6.45) is 3.29. The normalized spacial score (nSPS) is 22.8. The SMILES string of the molecule is CCCNC1CCN(CC(O)CCC)C1=O. The van der Waals surface area contributed by atoms with Crippen molar-refractivity contribution in [2.45, 2.75) is 51.7 Å². The Morgan fingerprint density at radius 3 is 2.88 bits per heavy atom. The highest BCUT2D eigenvalue weighted by molar-refractivity contribution is 5.84. The van der Waals surface area contributed by atoms with Crippen LogP contribution in [0.4, 0.5) is 0 Å². The molecule has 0 bridgehead atoms. The van der Waals surface area contributed by atoms with Gasteiger partial charge in [-0.2, -0.15) is 0 Å². The zero-order chi connectivity index (χ0) is 12.0. The third kappa shape index (κ3) is 3.76. The number of β-amino-alcohol motifs (C(OH)–C–C–N with tert-alkyl or cyclic N) is 1. The van der Waals surface area contributed by atoms with E-state index in [0.29, 0.717) is 6.54 Å². The minimum Gasteiger partial charge on any atom is -0.391 e. The lowest BCUT2D eigenvalue weighted by atomic mass is 10.2. The van der Waals surface area contributed by atoms with Gasteiger partial charge in [0.05, 0.1) is 12.1 Å². The number of rotatable bonds is 7. The van der Waals surface area contributed by atoms with Gasteiger partial charge in [-0.15, -0.1) is 0 Å². The van der Waals surface area contributed by atoms with E-state index >= 15 is 0 Å².